The minimum Gasteiger partial charge on any atom is -0.361 e. The summed E-state index contributed by atoms with van der Waals surface area (Å²) in [6.45, 7) is 3.42. The van der Waals surface area contributed by atoms with E-state index in [-0.39, 0.29) is 5.91 Å². The number of nitrogens with zero attached hydrogens (tertiary/aromatic N) is 2. The molecule has 4 rings (SSSR count). The minimum atomic E-state index is 0.0659. The van der Waals surface area contributed by atoms with Crippen molar-refractivity contribution in [1.29, 1.82) is 0 Å². The van der Waals surface area contributed by atoms with Crippen molar-refractivity contribution < 1.29 is 4.79 Å². The van der Waals surface area contributed by atoms with Gasteiger partial charge in [-0.25, -0.2) is 0 Å². The largest absolute Gasteiger partial charge is 0.361 e. The maximum atomic E-state index is 12.8. The van der Waals surface area contributed by atoms with Gasteiger partial charge in [-0.2, -0.15) is 0 Å². The van der Waals surface area contributed by atoms with Crippen LogP contribution in [0, 0.1) is 0 Å². The lowest BCUT2D eigenvalue weighted by atomic mass is 10.1. The van der Waals surface area contributed by atoms with Gasteiger partial charge in [0.15, 0.2) is 5.11 Å². The quantitative estimate of drug-likeness (QED) is 0.645. The van der Waals surface area contributed by atoms with Crippen molar-refractivity contribution in [1.82, 2.24) is 20.1 Å². The van der Waals surface area contributed by atoms with Crippen LogP contribution in [0.3, 0.4) is 0 Å². The Morgan fingerprint density at radius 1 is 1.04 bits per heavy atom. The molecule has 5 nitrogen and oxygen atoms in total. The second-order valence-electron chi connectivity index (χ2n) is 6.84. The number of aromatic amines is 1. The Bertz CT molecular complexity index is 993. The van der Waals surface area contributed by atoms with Crippen LogP contribution in [-0.4, -0.2) is 52.0 Å². The number of nitrogens with one attached hydrogen (secondary N) is 2. The normalized spacial score (nSPS) is 14.3. The third-order valence-corrected chi connectivity index (χ3v) is 5.67. The summed E-state index contributed by atoms with van der Waals surface area (Å²) in [4.78, 5) is 20.0. The lowest BCUT2D eigenvalue weighted by Gasteiger charge is -2.36. The van der Waals surface area contributed by atoms with Crippen LogP contribution in [0.15, 0.2) is 54.7 Å². The van der Waals surface area contributed by atoms with Crippen LogP contribution in [0.5, 0.6) is 0 Å². The van der Waals surface area contributed by atoms with Gasteiger partial charge in [-0.1, -0.05) is 29.8 Å². The fourth-order valence-corrected chi connectivity index (χ4v) is 3.75. The molecule has 7 heteroatoms. The first kappa shape index (κ1) is 18.8. The Kier molecular flexibility index (Phi) is 5.50. The number of H-pyrrole nitrogens is 1. The first-order valence-corrected chi connectivity index (χ1v) is 10.0. The van der Waals surface area contributed by atoms with E-state index in [1.54, 1.807) is 0 Å². The standard InChI is InChI=1S/C21H21ClN4OS/c22-18-5-1-15(2-6-18)14-24-21(28)26-11-9-25(10-12-26)20(27)17-4-3-16-7-8-23-19(16)13-17/h1-8,13,23H,9-12,14H2,(H,24,28). The van der Waals surface area contributed by atoms with E-state index in [1.165, 1.54) is 0 Å². The number of halogens is 1. The van der Waals surface area contributed by atoms with E-state index in [1.807, 2.05) is 59.6 Å². The molecule has 0 spiro atoms. The molecular formula is C21H21ClN4OS. The minimum absolute atomic E-state index is 0.0659. The Morgan fingerprint density at radius 3 is 2.50 bits per heavy atom. The summed E-state index contributed by atoms with van der Waals surface area (Å²) < 4.78 is 0. The van der Waals surface area contributed by atoms with E-state index in [2.05, 4.69) is 15.2 Å². The molecule has 0 unspecified atom stereocenters. The van der Waals surface area contributed by atoms with Crippen molar-refractivity contribution in [3.05, 3.63) is 70.9 Å². The van der Waals surface area contributed by atoms with Crippen molar-refractivity contribution >= 4 is 45.7 Å². The predicted molar refractivity (Wildman–Crippen MR) is 117 cm³/mol. The highest BCUT2D eigenvalue weighted by Crippen LogP contribution is 2.17. The zero-order chi connectivity index (χ0) is 19.5. The molecule has 0 bridgehead atoms. The molecule has 0 saturated carbocycles. The maximum Gasteiger partial charge on any atom is 0.254 e. The summed E-state index contributed by atoms with van der Waals surface area (Å²) >= 11 is 11.4. The molecular weight excluding hydrogens is 392 g/mol. The number of hydrogen-bond acceptors (Lipinski definition) is 2. The number of piperazine rings is 1. The van der Waals surface area contributed by atoms with Gasteiger partial charge in [0, 0.05) is 55.0 Å². The van der Waals surface area contributed by atoms with Crippen molar-refractivity contribution in [2.75, 3.05) is 26.2 Å². The fourth-order valence-electron chi connectivity index (χ4n) is 3.37. The lowest BCUT2D eigenvalue weighted by molar-refractivity contribution is 0.0691. The van der Waals surface area contributed by atoms with Gasteiger partial charge in [0.2, 0.25) is 0 Å². The van der Waals surface area contributed by atoms with Gasteiger partial charge >= 0.3 is 0 Å². The van der Waals surface area contributed by atoms with Crippen LogP contribution >= 0.6 is 23.8 Å². The number of hydrogen-bond donors (Lipinski definition) is 2. The summed E-state index contributed by atoms with van der Waals surface area (Å²) in [6.07, 6.45) is 1.88. The Balaban J connectivity index is 1.30. The average molecular weight is 413 g/mol. The Morgan fingerprint density at radius 2 is 1.75 bits per heavy atom. The first-order chi connectivity index (χ1) is 13.6. The number of aromatic nitrogens is 1. The summed E-state index contributed by atoms with van der Waals surface area (Å²) in [6, 6.07) is 15.5. The molecule has 0 radical (unpaired) electrons. The van der Waals surface area contributed by atoms with Gasteiger partial charge in [-0.15, -0.1) is 0 Å². The summed E-state index contributed by atoms with van der Waals surface area (Å²) in [5.41, 5.74) is 2.82. The summed E-state index contributed by atoms with van der Waals surface area (Å²) in [5.74, 6) is 0.0659. The van der Waals surface area contributed by atoms with E-state index in [0.717, 1.165) is 39.7 Å². The van der Waals surface area contributed by atoms with Crippen molar-refractivity contribution in [2.45, 2.75) is 6.54 Å². The third-order valence-electron chi connectivity index (χ3n) is 5.01. The van der Waals surface area contributed by atoms with Gasteiger partial charge in [-0.05, 0) is 53.5 Å². The number of fused-ring (bicyclic) bond motifs is 1. The van der Waals surface area contributed by atoms with E-state index in [4.69, 9.17) is 23.8 Å². The highest BCUT2D eigenvalue weighted by molar-refractivity contribution is 7.80. The topological polar surface area (TPSA) is 51.4 Å². The van der Waals surface area contributed by atoms with Crippen LogP contribution < -0.4 is 5.32 Å². The van der Waals surface area contributed by atoms with Crippen LogP contribution in [0.25, 0.3) is 10.9 Å². The second kappa shape index (κ2) is 8.20. The molecule has 1 saturated heterocycles. The molecule has 0 atom stereocenters. The van der Waals surface area contributed by atoms with Gasteiger partial charge in [0.05, 0.1) is 0 Å². The van der Waals surface area contributed by atoms with E-state index in [0.29, 0.717) is 25.2 Å². The van der Waals surface area contributed by atoms with Crippen molar-refractivity contribution in [3.8, 4) is 0 Å². The van der Waals surface area contributed by atoms with Crippen LogP contribution in [-0.2, 0) is 6.54 Å². The fraction of sp³-hybridized carbons (Fsp3) is 0.238. The third kappa shape index (κ3) is 4.13. The Hall–Kier alpha value is -2.57. The molecule has 2 heterocycles. The monoisotopic (exact) mass is 412 g/mol. The van der Waals surface area contributed by atoms with Gasteiger partial charge in [-0.3, -0.25) is 4.79 Å². The van der Waals surface area contributed by atoms with E-state index in [9.17, 15) is 4.79 Å². The number of carbonyl (C=O) groups excluding carboxylic acids is 1. The van der Waals surface area contributed by atoms with Crippen LogP contribution in [0.2, 0.25) is 5.02 Å². The number of amides is 1. The predicted octanol–water partition coefficient (Wildman–Crippen LogP) is 3.65. The highest BCUT2D eigenvalue weighted by atomic mass is 35.5. The van der Waals surface area contributed by atoms with Gasteiger partial charge in [0.1, 0.15) is 0 Å². The summed E-state index contributed by atoms with van der Waals surface area (Å²) in [5, 5.41) is 5.84. The smallest absolute Gasteiger partial charge is 0.254 e. The molecule has 0 aliphatic carbocycles. The molecule has 3 aromatic rings. The zero-order valence-electron chi connectivity index (χ0n) is 15.3. The number of thiocarbonyl (C=S) groups is 1. The number of rotatable bonds is 3. The molecule has 1 aliphatic heterocycles. The zero-order valence-corrected chi connectivity index (χ0v) is 16.9. The molecule has 1 aliphatic rings. The molecule has 2 N–H and O–H groups in total. The highest BCUT2D eigenvalue weighted by Gasteiger charge is 2.23. The van der Waals surface area contributed by atoms with Crippen molar-refractivity contribution in [3.63, 3.8) is 0 Å². The maximum absolute atomic E-state index is 12.8. The van der Waals surface area contributed by atoms with Gasteiger partial charge in [0.25, 0.3) is 5.91 Å². The molecule has 144 valence electrons. The van der Waals surface area contributed by atoms with Crippen LogP contribution in [0.1, 0.15) is 15.9 Å². The summed E-state index contributed by atoms with van der Waals surface area (Å²) in [7, 11) is 0. The second-order valence-corrected chi connectivity index (χ2v) is 7.67. The average Bonchev–Trinajstić information content (AvgIpc) is 3.20. The number of carbonyl (C=O) groups is 1. The number of benzene rings is 2. The SMILES string of the molecule is O=C(c1ccc2cc[nH]c2c1)N1CCN(C(=S)NCc2ccc(Cl)cc2)CC1. The van der Waals surface area contributed by atoms with E-state index < -0.39 is 0 Å². The molecule has 1 aromatic heterocycles. The van der Waals surface area contributed by atoms with Gasteiger partial charge < -0.3 is 20.1 Å². The van der Waals surface area contributed by atoms with Crippen molar-refractivity contribution in [2.24, 2.45) is 0 Å². The Labute approximate surface area is 174 Å². The molecule has 28 heavy (non-hydrogen) atoms. The van der Waals surface area contributed by atoms with E-state index >= 15 is 0 Å². The molecule has 2 aromatic carbocycles. The molecule has 1 fully saturated rings. The lowest BCUT2D eigenvalue weighted by Crippen LogP contribution is -2.53. The van der Waals surface area contributed by atoms with Crippen LogP contribution in [0.4, 0.5) is 0 Å². The first-order valence-electron chi connectivity index (χ1n) is 9.24. The molecule has 1 amide bonds.